The molecule has 2 atom stereocenters. The number of carbonyl (C=O) groups excluding carboxylic acids is 2. The molecule has 0 amide bonds. The van der Waals surface area contributed by atoms with E-state index in [1.54, 1.807) is 62.8 Å². The van der Waals surface area contributed by atoms with Gasteiger partial charge in [0.05, 0.1) is 26.1 Å². The highest BCUT2D eigenvalue weighted by Gasteiger charge is 2.37. The van der Waals surface area contributed by atoms with Gasteiger partial charge in [-0.15, -0.1) is 0 Å². The average Bonchev–Trinajstić information content (AvgIpc) is 3.06. The van der Waals surface area contributed by atoms with Gasteiger partial charge in [0.15, 0.2) is 11.6 Å². The molecule has 0 aliphatic rings. The minimum absolute atomic E-state index is 0.132. The van der Waals surface area contributed by atoms with E-state index in [-0.39, 0.29) is 11.6 Å². The number of hydrogen-bond donors (Lipinski definition) is 0. The molecule has 4 heteroatoms. The number of fused-ring (bicyclic) bond motifs is 2. The highest BCUT2D eigenvalue weighted by Crippen LogP contribution is 2.40. The summed E-state index contributed by atoms with van der Waals surface area (Å²) in [5.41, 5.74) is 2.61. The summed E-state index contributed by atoms with van der Waals surface area (Å²) >= 11 is 0. The van der Waals surface area contributed by atoms with Crippen LogP contribution in [0.1, 0.15) is 43.7 Å². The van der Waals surface area contributed by atoms with Crippen molar-refractivity contribution in [2.45, 2.75) is 11.8 Å². The molecular weight excluding hydrogens is 520 g/mol. The highest BCUT2D eigenvalue weighted by molar-refractivity contribution is 6.10. The van der Waals surface area contributed by atoms with Gasteiger partial charge in [0, 0.05) is 11.1 Å². The molecule has 0 N–H and O–H groups in total. The summed E-state index contributed by atoms with van der Waals surface area (Å²) in [5.74, 6) is -0.498. The fraction of sp³-hybridized carbons (Fsp3) is 0.105. The van der Waals surface area contributed by atoms with Crippen LogP contribution in [-0.2, 0) is 0 Å². The zero-order valence-electron chi connectivity index (χ0n) is 23.5. The van der Waals surface area contributed by atoms with Crippen LogP contribution in [0.25, 0.3) is 21.5 Å². The molecule has 0 aliphatic carbocycles. The summed E-state index contributed by atoms with van der Waals surface area (Å²) in [6.45, 7) is 0. The fourth-order valence-corrected chi connectivity index (χ4v) is 5.66. The second kappa shape index (κ2) is 11.7. The van der Waals surface area contributed by atoms with E-state index in [9.17, 15) is 9.59 Å². The Labute approximate surface area is 245 Å². The smallest absolute Gasteiger partial charge is 0.171 e. The molecule has 6 rings (SSSR count). The van der Waals surface area contributed by atoms with Crippen molar-refractivity contribution < 1.29 is 19.1 Å². The lowest BCUT2D eigenvalue weighted by molar-refractivity contribution is 0.0867. The first-order valence-electron chi connectivity index (χ1n) is 13.9. The topological polar surface area (TPSA) is 52.6 Å². The first-order chi connectivity index (χ1) is 20.6. The van der Waals surface area contributed by atoms with Crippen LogP contribution in [-0.4, -0.2) is 25.8 Å². The quantitative estimate of drug-likeness (QED) is 0.169. The maximum Gasteiger partial charge on any atom is 0.171 e. The molecule has 2 unspecified atom stereocenters. The van der Waals surface area contributed by atoms with Crippen molar-refractivity contribution in [1.82, 2.24) is 0 Å². The molecular formula is C38H30O4. The van der Waals surface area contributed by atoms with Crippen molar-refractivity contribution in [3.63, 3.8) is 0 Å². The summed E-state index contributed by atoms with van der Waals surface area (Å²) in [5, 5.41) is 4.16. The number of hydrogen-bond acceptors (Lipinski definition) is 4. The Kier molecular flexibility index (Phi) is 7.52. The Hall–Kier alpha value is -5.22. The van der Waals surface area contributed by atoms with Gasteiger partial charge in [0.2, 0.25) is 0 Å². The lowest BCUT2D eigenvalue weighted by atomic mass is 9.73. The molecule has 0 heterocycles. The van der Waals surface area contributed by atoms with Crippen LogP contribution in [0.3, 0.4) is 0 Å². The van der Waals surface area contributed by atoms with Gasteiger partial charge in [-0.3, -0.25) is 9.59 Å². The molecule has 0 aromatic heterocycles. The lowest BCUT2D eigenvalue weighted by Crippen LogP contribution is -2.27. The molecule has 0 saturated carbocycles. The van der Waals surface area contributed by atoms with Crippen LogP contribution in [0.4, 0.5) is 0 Å². The van der Waals surface area contributed by atoms with Gasteiger partial charge in [-0.2, -0.15) is 0 Å². The van der Waals surface area contributed by atoms with E-state index >= 15 is 0 Å². The number of benzene rings is 6. The Morgan fingerprint density at radius 3 is 1.17 bits per heavy atom. The summed E-state index contributed by atoms with van der Waals surface area (Å²) in [7, 11) is 3.19. The Balaban J connectivity index is 1.57. The number of ether oxygens (including phenoxy) is 2. The predicted octanol–water partition coefficient (Wildman–Crippen LogP) is 8.64. The maximum atomic E-state index is 14.6. The number of ketones is 2. The molecule has 206 valence electrons. The Morgan fingerprint density at radius 2 is 0.810 bits per heavy atom. The molecule has 0 bridgehead atoms. The molecule has 0 radical (unpaired) electrons. The van der Waals surface area contributed by atoms with Gasteiger partial charge in [-0.25, -0.2) is 0 Å². The molecule has 0 spiro atoms. The van der Waals surface area contributed by atoms with Crippen LogP contribution >= 0.6 is 0 Å². The third kappa shape index (κ3) is 5.27. The van der Waals surface area contributed by atoms with Crippen molar-refractivity contribution in [2.75, 3.05) is 14.2 Å². The van der Waals surface area contributed by atoms with Gasteiger partial charge in [0.1, 0.15) is 11.5 Å². The van der Waals surface area contributed by atoms with Gasteiger partial charge in [-0.1, -0.05) is 84.9 Å². The number of methoxy groups -OCH3 is 2. The van der Waals surface area contributed by atoms with Gasteiger partial charge in [0.25, 0.3) is 0 Å². The van der Waals surface area contributed by atoms with E-state index in [0.717, 1.165) is 32.7 Å². The van der Waals surface area contributed by atoms with Crippen LogP contribution in [0.2, 0.25) is 0 Å². The van der Waals surface area contributed by atoms with Crippen LogP contribution in [0.5, 0.6) is 11.5 Å². The number of carbonyl (C=O) groups is 2. The summed E-state index contributed by atoms with van der Waals surface area (Å²) < 4.78 is 10.7. The largest absolute Gasteiger partial charge is 0.497 e. The van der Waals surface area contributed by atoms with E-state index < -0.39 is 11.8 Å². The van der Waals surface area contributed by atoms with Crippen LogP contribution in [0, 0.1) is 0 Å². The Morgan fingerprint density at radius 1 is 0.452 bits per heavy atom. The fourth-order valence-electron chi connectivity index (χ4n) is 5.66. The van der Waals surface area contributed by atoms with Crippen molar-refractivity contribution in [3.05, 3.63) is 156 Å². The first-order valence-corrected chi connectivity index (χ1v) is 13.9. The first kappa shape index (κ1) is 27.0. The second-order valence-electron chi connectivity index (χ2n) is 10.4. The van der Waals surface area contributed by atoms with Gasteiger partial charge >= 0.3 is 0 Å². The molecule has 6 aromatic rings. The van der Waals surface area contributed by atoms with Crippen molar-refractivity contribution >= 4 is 33.1 Å². The minimum Gasteiger partial charge on any atom is -0.497 e. The predicted molar refractivity (Wildman–Crippen MR) is 168 cm³/mol. The molecule has 6 aromatic carbocycles. The van der Waals surface area contributed by atoms with Gasteiger partial charge < -0.3 is 9.47 Å². The van der Waals surface area contributed by atoms with Crippen LogP contribution < -0.4 is 9.47 Å². The standard InChI is InChI=1S/C38H30O4/c1-41-33-19-15-27(16-20-33)37(39)35(31-13-11-25-7-3-5-9-29(25)23-31)36(38(40)28-17-21-34(42-2)22-18-28)32-14-12-26-8-4-6-10-30(26)24-32/h3-24,35-36H,1-2H3. The summed E-state index contributed by atoms with van der Waals surface area (Å²) in [6, 6.07) is 42.4. The summed E-state index contributed by atoms with van der Waals surface area (Å²) in [4.78, 5) is 29.2. The minimum atomic E-state index is -0.779. The van der Waals surface area contributed by atoms with E-state index in [1.807, 2.05) is 84.9 Å². The van der Waals surface area contributed by atoms with E-state index in [0.29, 0.717) is 22.6 Å². The summed E-state index contributed by atoms with van der Waals surface area (Å²) in [6.07, 6.45) is 0. The number of rotatable bonds is 9. The monoisotopic (exact) mass is 550 g/mol. The normalized spacial score (nSPS) is 12.5. The molecule has 0 fully saturated rings. The third-order valence-corrected chi connectivity index (χ3v) is 7.91. The lowest BCUT2D eigenvalue weighted by Gasteiger charge is -2.27. The Bertz CT molecular complexity index is 1750. The third-order valence-electron chi connectivity index (χ3n) is 7.91. The molecule has 0 saturated heterocycles. The van der Waals surface area contributed by atoms with Crippen molar-refractivity contribution in [1.29, 1.82) is 0 Å². The molecule has 42 heavy (non-hydrogen) atoms. The molecule has 0 aliphatic heterocycles. The number of Topliss-reactive ketones (excluding diaryl/α,β-unsaturated/α-hetero) is 2. The maximum absolute atomic E-state index is 14.6. The van der Waals surface area contributed by atoms with Crippen LogP contribution in [0.15, 0.2) is 133 Å². The second-order valence-corrected chi connectivity index (χ2v) is 10.4. The van der Waals surface area contributed by atoms with Gasteiger partial charge in [-0.05, 0) is 81.2 Å². The zero-order chi connectivity index (χ0) is 29.1. The van der Waals surface area contributed by atoms with Crippen molar-refractivity contribution in [3.8, 4) is 11.5 Å². The highest BCUT2D eigenvalue weighted by atomic mass is 16.5. The zero-order valence-corrected chi connectivity index (χ0v) is 23.5. The average molecular weight is 551 g/mol. The van der Waals surface area contributed by atoms with E-state index in [1.165, 1.54) is 0 Å². The van der Waals surface area contributed by atoms with E-state index in [4.69, 9.17) is 9.47 Å². The molecule has 4 nitrogen and oxygen atoms in total. The van der Waals surface area contributed by atoms with E-state index in [2.05, 4.69) is 0 Å². The van der Waals surface area contributed by atoms with Crippen molar-refractivity contribution in [2.24, 2.45) is 0 Å². The SMILES string of the molecule is COc1ccc(C(=O)C(c2ccc3ccccc3c2)C(C(=O)c2ccc(OC)cc2)c2ccc3ccccc3c2)cc1.